The highest BCUT2D eigenvalue weighted by molar-refractivity contribution is 5.79. The summed E-state index contributed by atoms with van der Waals surface area (Å²) >= 11 is 0. The van der Waals surface area contributed by atoms with Crippen LogP contribution in [0, 0.1) is 11.8 Å². The Morgan fingerprint density at radius 2 is 1.90 bits per heavy atom. The van der Waals surface area contributed by atoms with Crippen molar-refractivity contribution in [3.8, 4) is 5.75 Å². The molecule has 0 spiro atoms. The molecular weight excluding hydrogens is 252 g/mol. The zero-order chi connectivity index (χ0) is 15.1. The van der Waals surface area contributed by atoms with Crippen molar-refractivity contribution in [2.24, 2.45) is 17.6 Å². The first-order chi connectivity index (χ1) is 9.49. The zero-order valence-electron chi connectivity index (χ0n) is 12.9. The van der Waals surface area contributed by atoms with Gasteiger partial charge in [0.05, 0.1) is 12.5 Å². The lowest BCUT2D eigenvalue weighted by atomic mass is 9.94. The van der Waals surface area contributed by atoms with Crippen LogP contribution in [0.15, 0.2) is 24.3 Å². The van der Waals surface area contributed by atoms with Crippen LogP contribution < -0.4 is 10.5 Å². The molecule has 1 rings (SSSR count). The average Bonchev–Trinajstić information content (AvgIpc) is 2.41. The summed E-state index contributed by atoms with van der Waals surface area (Å²) in [6.07, 6.45) is 0. The number of ether oxygens (including phenoxy) is 1. The lowest BCUT2D eigenvalue weighted by Crippen LogP contribution is -2.38. The SMILES string of the molecule is CCOc1ccc(CN(C)C(=O)C(CN)C(C)C)cc1. The smallest absolute Gasteiger partial charge is 0.227 e. The van der Waals surface area contributed by atoms with E-state index >= 15 is 0 Å². The molecule has 0 fully saturated rings. The molecule has 0 aliphatic heterocycles. The Bertz CT molecular complexity index is 415. The van der Waals surface area contributed by atoms with Crippen LogP contribution in [-0.4, -0.2) is 31.0 Å². The van der Waals surface area contributed by atoms with Gasteiger partial charge in [-0.2, -0.15) is 0 Å². The number of nitrogens with two attached hydrogens (primary N) is 1. The molecule has 1 aromatic carbocycles. The largest absolute Gasteiger partial charge is 0.494 e. The molecule has 0 radical (unpaired) electrons. The van der Waals surface area contributed by atoms with Crippen LogP contribution in [0.2, 0.25) is 0 Å². The lowest BCUT2D eigenvalue weighted by molar-refractivity contribution is -0.135. The molecule has 1 amide bonds. The topological polar surface area (TPSA) is 55.6 Å². The average molecular weight is 278 g/mol. The lowest BCUT2D eigenvalue weighted by Gasteiger charge is -2.25. The molecule has 4 heteroatoms. The Morgan fingerprint density at radius 3 is 2.35 bits per heavy atom. The van der Waals surface area contributed by atoms with Crippen molar-refractivity contribution < 1.29 is 9.53 Å². The maximum Gasteiger partial charge on any atom is 0.227 e. The number of carbonyl (C=O) groups is 1. The Morgan fingerprint density at radius 1 is 1.30 bits per heavy atom. The Labute approximate surface area is 121 Å². The third kappa shape index (κ3) is 4.53. The molecule has 4 nitrogen and oxygen atoms in total. The van der Waals surface area contributed by atoms with Crippen molar-refractivity contribution in [3.63, 3.8) is 0 Å². The minimum Gasteiger partial charge on any atom is -0.494 e. The van der Waals surface area contributed by atoms with E-state index < -0.39 is 0 Å². The predicted octanol–water partition coefficient (Wildman–Crippen LogP) is 2.27. The van der Waals surface area contributed by atoms with E-state index in [0.717, 1.165) is 11.3 Å². The van der Waals surface area contributed by atoms with Gasteiger partial charge >= 0.3 is 0 Å². The molecule has 0 saturated carbocycles. The van der Waals surface area contributed by atoms with E-state index in [2.05, 4.69) is 0 Å². The van der Waals surface area contributed by atoms with E-state index in [9.17, 15) is 4.79 Å². The first-order valence-electron chi connectivity index (χ1n) is 7.16. The number of benzene rings is 1. The molecular formula is C16H26N2O2. The van der Waals surface area contributed by atoms with Gasteiger partial charge in [0.1, 0.15) is 5.75 Å². The minimum absolute atomic E-state index is 0.108. The van der Waals surface area contributed by atoms with Crippen LogP contribution in [0.3, 0.4) is 0 Å². The van der Waals surface area contributed by atoms with Crippen LogP contribution in [0.4, 0.5) is 0 Å². The van der Waals surface area contributed by atoms with E-state index in [1.54, 1.807) is 4.90 Å². The van der Waals surface area contributed by atoms with Gasteiger partial charge in [-0.25, -0.2) is 0 Å². The summed E-state index contributed by atoms with van der Waals surface area (Å²) in [6.45, 7) is 7.66. The van der Waals surface area contributed by atoms with Crippen molar-refractivity contribution in [2.75, 3.05) is 20.2 Å². The molecule has 1 aromatic rings. The van der Waals surface area contributed by atoms with Crippen molar-refractivity contribution in [2.45, 2.75) is 27.3 Å². The summed E-state index contributed by atoms with van der Waals surface area (Å²) in [7, 11) is 1.82. The van der Waals surface area contributed by atoms with Gasteiger partial charge in [-0.3, -0.25) is 4.79 Å². The Kier molecular flexibility index (Phi) is 6.52. The number of hydrogen-bond acceptors (Lipinski definition) is 3. The van der Waals surface area contributed by atoms with Gasteiger partial charge in [0.25, 0.3) is 0 Å². The molecule has 0 aliphatic carbocycles. The van der Waals surface area contributed by atoms with E-state index in [4.69, 9.17) is 10.5 Å². The van der Waals surface area contributed by atoms with Crippen molar-refractivity contribution in [1.82, 2.24) is 4.90 Å². The van der Waals surface area contributed by atoms with E-state index in [1.165, 1.54) is 0 Å². The summed E-state index contributed by atoms with van der Waals surface area (Å²) in [6, 6.07) is 7.84. The fourth-order valence-electron chi connectivity index (χ4n) is 2.15. The Balaban J connectivity index is 2.65. The van der Waals surface area contributed by atoms with Gasteiger partial charge in [-0.1, -0.05) is 26.0 Å². The van der Waals surface area contributed by atoms with Crippen LogP contribution in [0.5, 0.6) is 5.75 Å². The zero-order valence-corrected chi connectivity index (χ0v) is 12.9. The Hall–Kier alpha value is -1.55. The molecule has 112 valence electrons. The fraction of sp³-hybridized carbons (Fsp3) is 0.562. The van der Waals surface area contributed by atoms with Crippen LogP contribution in [0.25, 0.3) is 0 Å². The molecule has 1 atom stereocenters. The minimum atomic E-state index is -0.109. The van der Waals surface area contributed by atoms with Gasteiger partial charge in [0.15, 0.2) is 0 Å². The van der Waals surface area contributed by atoms with Crippen molar-refractivity contribution in [3.05, 3.63) is 29.8 Å². The molecule has 2 N–H and O–H groups in total. The normalized spacial score (nSPS) is 12.3. The van der Waals surface area contributed by atoms with Gasteiger partial charge in [-0.15, -0.1) is 0 Å². The second-order valence-electron chi connectivity index (χ2n) is 5.36. The van der Waals surface area contributed by atoms with Crippen LogP contribution in [-0.2, 0) is 11.3 Å². The van der Waals surface area contributed by atoms with E-state index in [0.29, 0.717) is 19.7 Å². The highest BCUT2D eigenvalue weighted by Crippen LogP contribution is 2.16. The molecule has 1 unspecified atom stereocenters. The highest BCUT2D eigenvalue weighted by atomic mass is 16.5. The second kappa shape index (κ2) is 7.90. The van der Waals surface area contributed by atoms with Crippen molar-refractivity contribution in [1.29, 1.82) is 0 Å². The van der Waals surface area contributed by atoms with Gasteiger partial charge in [0, 0.05) is 20.1 Å². The summed E-state index contributed by atoms with van der Waals surface area (Å²) in [5, 5.41) is 0. The third-order valence-electron chi connectivity index (χ3n) is 3.41. The van der Waals surface area contributed by atoms with Gasteiger partial charge < -0.3 is 15.4 Å². The maximum atomic E-state index is 12.3. The summed E-state index contributed by atoms with van der Waals surface area (Å²) < 4.78 is 5.40. The van der Waals surface area contributed by atoms with Gasteiger partial charge in [-0.05, 0) is 30.5 Å². The molecule has 0 bridgehead atoms. The summed E-state index contributed by atoms with van der Waals surface area (Å²) in [5.74, 6) is 1.11. The number of hydrogen-bond donors (Lipinski definition) is 1. The standard InChI is InChI=1S/C16H26N2O2/c1-5-20-14-8-6-13(7-9-14)11-18(4)16(19)15(10-17)12(2)3/h6-9,12,15H,5,10-11,17H2,1-4H3. The summed E-state index contributed by atoms with van der Waals surface area (Å²) in [5.41, 5.74) is 6.78. The molecule has 0 saturated heterocycles. The first-order valence-corrected chi connectivity index (χ1v) is 7.16. The number of amides is 1. The van der Waals surface area contributed by atoms with E-state index in [-0.39, 0.29) is 17.7 Å². The number of nitrogens with zero attached hydrogens (tertiary/aromatic N) is 1. The number of rotatable bonds is 7. The van der Waals surface area contributed by atoms with Crippen molar-refractivity contribution >= 4 is 5.91 Å². The molecule has 20 heavy (non-hydrogen) atoms. The summed E-state index contributed by atoms with van der Waals surface area (Å²) in [4.78, 5) is 14.1. The van der Waals surface area contributed by atoms with E-state index in [1.807, 2.05) is 52.1 Å². The first kappa shape index (κ1) is 16.5. The van der Waals surface area contributed by atoms with Gasteiger partial charge in [0.2, 0.25) is 5.91 Å². The maximum absolute atomic E-state index is 12.3. The highest BCUT2D eigenvalue weighted by Gasteiger charge is 2.23. The predicted molar refractivity (Wildman–Crippen MR) is 81.5 cm³/mol. The molecule has 0 heterocycles. The molecule has 0 aromatic heterocycles. The third-order valence-corrected chi connectivity index (χ3v) is 3.41. The monoisotopic (exact) mass is 278 g/mol. The van der Waals surface area contributed by atoms with Crippen LogP contribution >= 0.6 is 0 Å². The molecule has 0 aliphatic rings. The quantitative estimate of drug-likeness (QED) is 0.832. The second-order valence-corrected chi connectivity index (χ2v) is 5.36. The van der Waals surface area contributed by atoms with Crippen LogP contribution in [0.1, 0.15) is 26.3 Å². The fourth-order valence-corrected chi connectivity index (χ4v) is 2.15. The number of carbonyl (C=O) groups excluding carboxylic acids is 1.